The Morgan fingerprint density at radius 1 is 1.00 bits per heavy atom. The molecule has 0 aliphatic carbocycles. The average molecular weight is 282 g/mol. The van der Waals surface area contributed by atoms with Crippen molar-refractivity contribution >= 4 is 16.9 Å². The topological polar surface area (TPSA) is 17.1 Å². The van der Waals surface area contributed by atoms with E-state index in [1.807, 2.05) is 36.4 Å². The number of hydrogen-bond donors (Lipinski definition) is 0. The van der Waals surface area contributed by atoms with Gasteiger partial charge in [-0.2, -0.15) is 0 Å². The van der Waals surface area contributed by atoms with Crippen LogP contribution in [0.2, 0.25) is 0 Å². The summed E-state index contributed by atoms with van der Waals surface area (Å²) in [5.41, 5.74) is 3.37. The third kappa shape index (κ3) is 4.71. The van der Waals surface area contributed by atoms with E-state index in [0.29, 0.717) is 0 Å². The lowest BCUT2D eigenvalue weighted by atomic mass is 10.1. The van der Waals surface area contributed by atoms with Crippen LogP contribution in [0.4, 0.5) is 0 Å². The van der Waals surface area contributed by atoms with Crippen molar-refractivity contribution in [3.05, 3.63) is 83.4 Å². The molecule has 2 heteroatoms. The van der Waals surface area contributed by atoms with Crippen LogP contribution in [-0.4, -0.2) is 10.9 Å². The zero-order chi connectivity index (χ0) is 14.2. The zero-order valence-corrected chi connectivity index (χ0v) is 12.4. The standard InChI is InChI=1S/C18H18OS/c1-15(14-16-8-4-2-5-9-16)12-13-20-18(19)17-10-6-3-7-11-17/h2-12H,13-14H2,1H3. The fourth-order valence-electron chi connectivity index (χ4n) is 1.91. The Morgan fingerprint density at radius 3 is 2.25 bits per heavy atom. The number of hydrogen-bond acceptors (Lipinski definition) is 2. The van der Waals surface area contributed by atoms with Crippen LogP contribution in [0.25, 0.3) is 0 Å². The van der Waals surface area contributed by atoms with Crippen LogP contribution in [0, 0.1) is 0 Å². The molecule has 0 aliphatic heterocycles. The molecule has 1 nitrogen and oxygen atoms in total. The first-order chi connectivity index (χ1) is 9.75. The number of carbonyl (C=O) groups is 1. The van der Waals surface area contributed by atoms with Gasteiger partial charge in [-0.05, 0) is 18.9 Å². The molecule has 0 radical (unpaired) electrons. The predicted molar refractivity (Wildman–Crippen MR) is 87.1 cm³/mol. The maximum absolute atomic E-state index is 11.9. The second-order valence-electron chi connectivity index (χ2n) is 4.68. The summed E-state index contributed by atoms with van der Waals surface area (Å²) in [6.45, 7) is 2.11. The molecule has 0 atom stereocenters. The van der Waals surface area contributed by atoms with Crippen molar-refractivity contribution in [2.45, 2.75) is 13.3 Å². The summed E-state index contributed by atoms with van der Waals surface area (Å²) in [6, 6.07) is 19.8. The lowest BCUT2D eigenvalue weighted by molar-refractivity contribution is 0.108. The highest BCUT2D eigenvalue weighted by Gasteiger charge is 2.04. The zero-order valence-electron chi connectivity index (χ0n) is 11.6. The van der Waals surface area contributed by atoms with Gasteiger partial charge in [0.1, 0.15) is 0 Å². The highest BCUT2D eigenvalue weighted by atomic mass is 32.2. The Kier molecular flexibility index (Phi) is 5.63. The minimum absolute atomic E-state index is 0.134. The Morgan fingerprint density at radius 2 is 1.60 bits per heavy atom. The van der Waals surface area contributed by atoms with Crippen molar-refractivity contribution in [1.29, 1.82) is 0 Å². The SMILES string of the molecule is CC(=CCSC(=O)c1ccccc1)Cc1ccccc1. The van der Waals surface area contributed by atoms with Crippen LogP contribution < -0.4 is 0 Å². The van der Waals surface area contributed by atoms with Gasteiger partial charge in [-0.1, -0.05) is 84.1 Å². The fraction of sp³-hybridized carbons (Fsp3) is 0.167. The number of rotatable bonds is 5. The predicted octanol–water partition coefficient (Wildman–Crippen LogP) is 4.75. The molecule has 102 valence electrons. The Labute approximate surface area is 124 Å². The average Bonchev–Trinajstić information content (AvgIpc) is 2.49. The van der Waals surface area contributed by atoms with Crippen LogP contribution in [-0.2, 0) is 6.42 Å². The van der Waals surface area contributed by atoms with E-state index in [0.717, 1.165) is 17.7 Å². The molecule has 2 aromatic rings. The van der Waals surface area contributed by atoms with Gasteiger partial charge in [0, 0.05) is 11.3 Å². The first-order valence-electron chi connectivity index (χ1n) is 6.67. The van der Waals surface area contributed by atoms with Crippen LogP contribution in [0.15, 0.2) is 72.3 Å². The quantitative estimate of drug-likeness (QED) is 0.736. The molecule has 0 aromatic heterocycles. The van der Waals surface area contributed by atoms with E-state index in [4.69, 9.17) is 0 Å². The molecular weight excluding hydrogens is 264 g/mol. The molecule has 0 aliphatic rings. The molecule has 0 bridgehead atoms. The minimum atomic E-state index is 0.134. The minimum Gasteiger partial charge on any atom is -0.282 e. The van der Waals surface area contributed by atoms with E-state index < -0.39 is 0 Å². The van der Waals surface area contributed by atoms with Crippen LogP contribution in [0.5, 0.6) is 0 Å². The number of benzene rings is 2. The van der Waals surface area contributed by atoms with E-state index in [-0.39, 0.29) is 5.12 Å². The monoisotopic (exact) mass is 282 g/mol. The normalized spacial score (nSPS) is 11.3. The van der Waals surface area contributed by atoms with Crippen LogP contribution in [0.1, 0.15) is 22.8 Å². The van der Waals surface area contributed by atoms with Gasteiger partial charge in [-0.25, -0.2) is 0 Å². The lowest BCUT2D eigenvalue weighted by Crippen LogP contribution is -1.94. The summed E-state index contributed by atoms with van der Waals surface area (Å²) in [7, 11) is 0. The summed E-state index contributed by atoms with van der Waals surface area (Å²) in [5, 5.41) is 0.134. The van der Waals surface area contributed by atoms with Crippen LogP contribution >= 0.6 is 11.8 Å². The highest BCUT2D eigenvalue weighted by Crippen LogP contribution is 2.14. The highest BCUT2D eigenvalue weighted by molar-refractivity contribution is 8.14. The summed E-state index contributed by atoms with van der Waals surface area (Å²) in [4.78, 5) is 11.9. The maximum Gasteiger partial charge on any atom is 0.219 e. The molecular formula is C18H18OS. The van der Waals surface area contributed by atoms with Gasteiger partial charge >= 0.3 is 0 Å². The summed E-state index contributed by atoms with van der Waals surface area (Å²) in [6.07, 6.45) is 3.08. The Hall–Kier alpha value is -1.80. The summed E-state index contributed by atoms with van der Waals surface area (Å²) in [5.74, 6) is 0.729. The molecule has 0 fully saturated rings. The van der Waals surface area contributed by atoms with E-state index in [9.17, 15) is 4.79 Å². The maximum atomic E-state index is 11.9. The number of allylic oxidation sites excluding steroid dienone is 1. The molecule has 0 unspecified atom stereocenters. The smallest absolute Gasteiger partial charge is 0.219 e. The molecule has 2 rings (SSSR count). The third-order valence-corrected chi connectivity index (χ3v) is 3.81. The van der Waals surface area contributed by atoms with E-state index in [1.54, 1.807) is 0 Å². The van der Waals surface area contributed by atoms with Crippen molar-refractivity contribution in [2.75, 3.05) is 5.75 Å². The van der Waals surface area contributed by atoms with Gasteiger partial charge < -0.3 is 0 Å². The molecule has 0 amide bonds. The fourth-order valence-corrected chi connectivity index (χ4v) is 2.73. The first kappa shape index (κ1) is 14.6. The van der Waals surface area contributed by atoms with Gasteiger partial charge in [0.05, 0.1) is 0 Å². The van der Waals surface area contributed by atoms with Gasteiger partial charge in [0.25, 0.3) is 0 Å². The summed E-state index contributed by atoms with van der Waals surface area (Å²) < 4.78 is 0. The van der Waals surface area contributed by atoms with E-state index >= 15 is 0 Å². The molecule has 0 heterocycles. The van der Waals surface area contributed by atoms with Gasteiger partial charge in [-0.15, -0.1) is 0 Å². The van der Waals surface area contributed by atoms with Crippen molar-refractivity contribution in [1.82, 2.24) is 0 Å². The van der Waals surface area contributed by atoms with Gasteiger partial charge in [-0.3, -0.25) is 4.79 Å². The number of thioether (sulfide) groups is 1. The molecule has 0 spiro atoms. The van der Waals surface area contributed by atoms with Crippen molar-refractivity contribution in [2.24, 2.45) is 0 Å². The largest absolute Gasteiger partial charge is 0.282 e. The molecule has 2 aromatic carbocycles. The van der Waals surface area contributed by atoms with Crippen molar-refractivity contribution in [3.63, 3.8) is 0 Å². The third-order valence-electron chi connectivity index (χ3n) is 2.98. The van der Waals surface area contributed by atoms with Crippen LogP contribution in [0.3, 0.4) is 0 Å². The Balaban J connectivity index is 1.82. The van der Waals surface area contributed by atoms with Gasteiger partial charge in [0.2, 0.25) is 5.12 Å². The molecule has 0 saturated carbocycles. The van der Waals surface area contributed by atoms with Crippen molar-refractivity contribution < 1.29 is 4.79 Å². The van der Waals surface area contributed by atoms with Gasteiger partial charge in [0.15, 0.2) is 0 Å². The van der Waals surface area contributed by atoms with E-state index in [1.165, 1.54) is 22.9 Å². The lowest BCUT2D eigenvalue weighted by Gasteiger charge is -2.02. The van der Waals surface area contributed by atoms with Crippen molar-refractivity contribution in [3.8, 4) is 0 Å². The second kappa shape index (κ2) is 7.71. The summed E-state index contributed by atoms with van der Waals surface area (Å²) >= 11 is 1.35. The van der Waals surface area contributed by atoms with E-state index in [2.05, 4.69) is 37.3 Å². The first-order valence-corrected chi connectivity index (χ1v) is 7.66. The second-order valence-corrected chi connectivity index (χ2v) is 5.67. The molecule has 0 N–H and O–H groups in total. The Bertz CT molecular complexity index is 573. The molecule has 0 saturated heterocycles. The molecule has 20 heavy (non-hydrogen) atoms. The number of carbonyl (C=O) groups excluding carboxylic acids is 1.